The van der Waals surface area contributed by atoms with E-state index in [0.717, 1.165) is 48.6 Å². The molecule has 0 unspecified atom stereocenters. The van der Waals surface area contributed by atoms with Crippen LogP contribution in [0.5, 0.6) is 11.5 Å². The van der Waals surface area contributed by atoms with Crippen molar-refractivity contribution in [1.82, 2.24) is 9.88 Å². The molecule has 7 nitrogen and oxygen atoms in total. The maximum absolute atomic E-state index is 13.7. The van der Waals surface area contributed by atoms with Crippen LogP contribution in [0.1, 0.15) is 15.9 Å². The van der Waals surface area contributed by atoms with Crippen molar-refractivity contribution in [2.45, 2.75) is 6.92 Å². The van der Waals surface area contributed by atoms with Crippen LogP contribution in [0.2, 0.25) is 5.02 Å². The zero-order chi connectivity index (χ0) is 22.1. The zero-order valence-corrected chi connectivity index (χ0v) is 19.4. The highest BCUT2D eigenvalue weighted by molar-refractivity contribution is 7.22. The molecule has 0 radical (unpaired) electrons. The predicted molar refractivity (Wildman–Crippen MR) is 126 cm³/mol. The molecule has 0 N–H and O–H groups in total. The van der Waals surface area contributed by atoms with Crippen LogP contribution >= 0.6 is 22.9 Å². The van der Waals surface area contributed by atoms with E-state index in [2.05, 4.69) is 4.90 Å². The Bertz CT molecular complexity index is 1150. The number of rotatable bonds is 5. The molecule has 0 atom stereocenters. The van der Waals surface area contributed by atoms with E-state index < -0.39 is 0 Å². The molecule has 168 valence electrons. The highest BCUT2D eigenvalue weighted by atomic mass is 35.5. The second-order valence-corrected chi connectivity index (χ2v) is 9.28. The van der Waals surface area contributed by atoms with Crippen LogP contribution in [0.25, 0.3) is 10.2 Å². The normalized spacial score (nSPS) is 16.3. The van der Waals surface area contributed by atoms with Gasteiger partial charge in [-0.25, -0.2) is 4.98 Å². The summed E-state index contributed by atoms with van der Waals surface area (Å²) in [7, 11) is 0. The van der Waals surface area contributed by atoms with Gasteiger partial charge in [0.1, 0.15) is 13.2 Å². The number of thiazole rings is 1. The number of aromatic nitrogens is 1. The lowest BCUT2D eigenvalue weighted by molar-refractivity contribution is 0.0391. The SMILES string of the molecule is Cc1cc(Cl)cc2sc(N(CCN3CCOCC3)C(=O)c3ccc4c(c3)OCCO4)nc12. The minimum absolute atomic E-state index is 0.113. The third-order valence-electron chi connectivity index (χ3n) is 5.65. The summed E-state index contributed by atoms with van der Waals surface area (Å²) in [6, 6.07) is 9.14. The van der Waals surface area contributed by atoms with Crippen molar-refractivity contribution in [3.63, 3.8) is 0 Å². The number of morpholine rings is 1. The van der Waals surface area contributed by atoms with E-state index >= 15 is 0 Å². The molecule has 2 aliphatic rings. The second kappa shape index (κ2) is 9.23. The third-order valence-corrected chi connectivity index (χ3v) is 6.89. The minimum Gasteiger partial charge on any atom is -0.486 e. The van der Waals surface area contributed by atoms with Gasteiger partial charge in [0.2, 0.25) is 0 Å². The maximum atomic E-state index is 13.7. The number of amides is 1. The van der Waals surface area contributed by atoms with Crippen LogP contribution in [0, 0.1) is 6.92 Å². The van der Waals surface area contributed by atoms with E-state index in [9.17, 15) is 4.79 Å². The lowest BCUT2D eigenvalue weighted by Gasteiger charge is -2.29. The van der Waals surface area contributed by atoms with Crippen molar-refractivity contribution >= 4 is 44.2 Å². The first-order valence-corrected chi connectivity index (χ1v) is 11.9. The highest BCUT2D eigenvalue weighted by Gasteiger charge is 2.25. The molecule has 3 heterocycles. The molecule has 9 heteroatoms. The lowest BCUT2D eigenvalue weighted by atomic mass is 10.1. The van der Waals surface area contributed by atoms with E-state index in [1.54, 1.807) is 23.1 Å². The number of fused-ring (bicyclic) bond motifs is 2. The van der Waals surface area contributed by atoms with E-state index in [1.165, 1.54) is 11.3 Å². The molecule has 0 bridgehead atoms. The standard InChI is InChI=1S/C23H24ClN3O4S/c1-15-12-17(24)14-20-21(15)25-23(32-20)27(5-4-26-6-8-29-9-7-26)22(28)16-2-3-18-19(13-16)31-11-10-30-18/h2-3,12-14H,4-11H2,1H3. The van der Waals surface area contributed by atoms with Gasteiger partial charge in [0.15, 0.2) is 16.6 Å². The lowest BCUT2D eigenvalue weighted by Crippen LogP contribution is -2.43. The molecule has 0 spiro atoms. The first kappa shape index (κ1) is 21.5. The number of benzene rings is 2. The van der Waals surface area contributed by atoms with Crippen LogP contribution in [0.3, 0.4) is 0 Å². The summed E-state index contributed by atoms with van der Waals surface area (Å²) in [5.41, 5.74) is 2.42. The fourth-order valence-electron chi connectivity index (χ4n) is 3.94. The Hall–Kier alpha value is -2.39. The summed E-state index contributed by atoms with van der Waals surface area (Å²) in [4.78, 5) is 22.5. The fourth-order valence-corrected chi connectivity index (χ4v) is 5.39. The maximum Gasteiger partial charge on any atom is 0.260 e. The summed E-state index contributed by atoms with van der Waals surface area (Å²) in [6.07, 6.45) is 0. The van der Waals surface area contributed by atoms with Crippen LogP contribution in [-0.4, -0.2) is 68.4 Å². The molecule has 1 fully saturated rings. The van der Waals surface area contributed by atoms with E-state index in [4.69, 9.17) is 30.8 Å². The number of ether oxygens (including phenoxy) is 3. The van der Waals surface area contributed by atoms with Gasteiger partial charge in [-0.15, -0.1) is 0 Å². The number of carbonyl (C=O) groups is 1. The van der Waals surface area contributed by atoms with Gasteiger partial charge in [-0.05, 0) is 42.8 Å². The molecule has 2 aliphatic heterocycles. The molecule has 5 rings (SSSR count). The fraction of sp³-hybridized carbons (Fsp3) is 0.391. The molecular formula is C23H24ClN3O4S. The molecular weight excluding hydrogens is 450 g/mol. The summed E-state index contributed by atoms with van der Waals surface area (Å²) < 4.78 is 17.7. The number of halogens is 1. The first-order chi connectivity index (χ1) is 15.6. The van der Waals surface area contributed by atoms with Gasteiger partial charge in [-0.2, -0.15) is 0 Å². The Morgan fingerprint density at radius 2 is 1.91 bits per heavy atom. The van der Waals surface area contributed by atoms with Gasteiger partial charge in [-0.1, -0.05) is 22.9 Å². The number of nitrogens with zero attached hydrogens (tertiary/aromatic N) is 3. The molecule has 1 amide bonds. The van der Waals surface area contributed by atoms with Crippen molar-refractivity contribution < 1.29 is 19.0 Å². The summed E-state index contributed by atoms with van der Waals surface area (Å²) in [6.45, 7) is 7.40. The molecule has 1 saturated heterocycles. The third kappa shape index (κ3) is 4.41. The molecule has 32 heavy (non-hydrogen) atoms. The summed E-state index contributed by atoms with van der Waals surface area (Å²) in [5.74, 6) is 1.15. The quantitative estimate of drug-likeness (QED) is 0.558. The van der Waals surface area contributed by atoms with Crippen molar-refractivity contribution in [2.24, 2.45) is 0 Å². The molecule has 3 aromatic rings. The van der Waals surface area contributed by atoms with Gasteiger partial charge in [0, 0.05) is 36.8 Å². The van der Waals surface area contributed by atoms with Crippen molar-refractivity contribution in [3.05, 3.63) is 46.5 Å². The van der Waals surface area contributed by atoms with Crippen molar-refractivity contribution in [3.8, 4) is 11.5 Å². The smallest absolute Gasteiger partial charge is 0.260 e. The summed E-state index contributed by atoms with van der Waals surface area (Å²) >= 11 is 7.74. The Morgan fingerprint density at radius 3 is 2.72 bits per heavy atom. The molecule has 0 aliphatic carbocycles. The Balaban J connectivity index is 1.47. The van der Waals surface area contributed by atoms with Crippen LogP contribution in [0.4, 0.5) is 5.13 Å². The molecule has 1 aromatic heterocycles. The predicted octanol–water partition coefficient (Wildman–Crippen LogP) is 4.01. The van der Waals surface area contributed by atoms with E-state index in [-0.39, 0.29) is 5.91 Å². The summed E-state index contributed by atoms with van der Waals surface area (Å²) in [5, 5.41) is 1.33. The number of aryl methyl sites for hydroxylation is 1. The van der Waals surface area contributed by atoms with E-state index in [1.807, 2.05) is 19.1 Å². The first-order valence-electron chi connectivity index (χ1n) is 10.7. The Labute approximate surface area is 195 Å². The number of carbonyl (C=O) groups excluding carboxylic acids is 1. The van der Waals surface area contributed by atoms with Crippen LogP contribution in [-0.2, 0) is 4.74 Å². The van der Waals surface area contributed by atoms with Crippen LogP contribution in [0.15, 0.2) is 30.3 Å². The van der Waals surface area contributed by atoms with Gasteiger partial charge in [0.05, 0.1) is 23.4 Å². The average Bonchev–Trinajstić information content (AvgIpc) is 3.23. The average molecular weight is 474 g/mol. The zero-order valence-electron chi connectivity index (χ0n) is 17.8. The molecule has 0 saturated carbocycles. The largest absolute Gasteiger partial charge is 0.486 e. The molecule has 2 aromatic carbocycles. The van der Waals surface area contributed by atoms with Gasteiger partial charge >= 0.3 is 0 Å². The van der Waals surface area contributed by atoms with E-state index in [0.29, 0.717) is 47.0 Å². The van der Waals surface area contributed by atoms with Crippen molar-refractivity contribution in [1.29, 1.82) is 0 Å². The number of hydrogen-bond acceptors (Lipinski definition) is 7. The van der Waals surface area contributed by atoms with Crippen molar-refractivity contribution in [2.75, 3.05) is 57.5 Å². The highest BCUT2D eigenvalue weighted by Crippen LogP contribution is 2.35. The topological polar surface area (TPSA) is 64.1 Å². The van der Waals surface area contributed by atoms with Gasteiger partial charge in [-0.3, -0.25) is 14.6 Å². The number of anilines is 1. The Kier molecular flexibility index (Phi) is 6.19. The number of hydrogen-bond donors (Lipinski definition) is 0. The minimum atomic E-state index is -0.113. The van der Waals surface area contributed by atoms with Gasteiger partial charge < -0.3 is 14.2 Å². The monoisotopic (exact) mass is 473 g/mol. The van der Waals surface area contributed by atoms with Gasteiger partial charge in [0.25, 0.3) is 5.91 Å². The van der Waals surface area contributed by atoms with Crippen LogP contribution < -0.4 is 14.4 Å². The second-order valence-electron chi connectivity index (χ2n) is 7.84. The Morgan fingerprint density at radius 1 is 1.12 bits per heavy atom.